The van der Waals surface area contributed by atoms with E-state index in [-0.39, 0.29) is 0 Å². The van der Waals surface area contributed by atoms with E-state index >= 15 is 0 Å². The van der Waals surface area contributed by atoms with Gasteiger partial charge in [-0.25, -0.2) is 0 Å². The zero-order valence-corrected chi connectivity index (χ0v) is 20.0. The fourth-order valence-electron chi connectivity index (χ4n) is 2.32. The van der Waals surface area contributed by atoms with Crippen molar-refractivity contribution in [3.63, 3.8) is 0 Å². The lowest BCUT2D eigenvalue weighted by Crippen LogP contribution is -2.11. The predicted octanol–water partition coefficient (Wildman–Crippen LogP) is 8.97. The fourth-order valence-corrected chi connectivity index (χ4v) is 5.04. The van der Waals surface area contributed by atoms with Crippen molar-refractivity contribution in [1.29, 1.82) is 0 Å². The van der Waals surface area contributed by atoms with Crippen LogP contribution in [0.15, 0.2) is 83.0 Å². The van der Waals surface area contributed by atoms with Crippen molar-refractivity contribution in [2.75, 3.05) is 4.90 Å². The first-order chi connectivity index (χ1) is 11.5. The monoisotopic (exact) mass is 635 g/mol. The van der Waals surface area contributed by atoms with Crippen LogP contribution in [0.1, 0.15) is 0 Å². The third-order valence-corrected chi connectivity index (χ3v) is 6.17. The second kappa shape index (κ2) is 8.04. The first-order valence-corrected chi connectivity index (χ1v) is 10.9. The molecule has 0 fully saturated rings. The molecule has 0 aliphatic heterocycles. The van der Waals surface area contributed by atoms with Gasteiger partial charge in [0.1, 0.15) is 0 Å². The largest absolute Gasteiger partial charge is 0.308 e. The van der Waals surface area contributed by atoms with Crippen LogP contribution in [0.5, 0.6) is 0 Å². The lowest BCUT2D eigenvalue weighted by atomic mass is 10.2. The summed E-state index contributed by atoms with van der Waals surface area (Å²) in [4.78, 5) is 2.21. The van der Waals surface area contributed by atoms with Crippen molar-refractivity contribution in [3.05, 3.63) is 83.0 Å². The van der Waals surface area contributed by atoms with Crippen LogP contribution in [0.2, 0.25) is 0 Å². The summed E-state index contributed by atoms with van der Waals surface area (Å²) in [6.45, 7) is 0. The molecule has 3 aromatic carbocycles. The molecule has 0 saturated carbocycles. The molecule has 1 nitrogen and oxygen atoms in total. The van der Waals surface area contributed by atoms with Gasteiger partial charge in [-0.15, -0.1) is 0 Å². The van der Waals surface area contributed by atoms with Gasteiger partial charge in [0.05, 0.1) is 11.4 Å². The van der Waals surface area contributed by atoms with E-state index in [9.17, 15) is 0 Å². The van der Waals surface area contributed by atoms with Crippen molar-refractivity contribution in [2.24, 2.45) is 0 Å². The van der Waals surface area contributed by atoms with Crippen molar-refractivity contribution < 1.29 is 0 Å². The highest BCUT2D eigenvalue weighted by molar-refractivity contribution is 9.11. The quantitative estimate of drug-likeness (QED) is 0.277. The Morgan fingerprint density at radius 3 is 1.33 bits per heavy atom. The molecule has 0 bridgehead atoms. The van der Waals surface area contributed by atoms with E-state index in [1.165, 1.54) is 0 Å². The molecule has 0 spiro atoms. The number of hydrogen-bond acceptors (Lipinski definition) is 1. The minimum atomic E-state index is 1.01. The third kappa shape index (κ3) is 4.15. The van der Waals surface area contributed by atoms with Gasteiger partial charge in [-0.2, -0.15) is 0 Å². The van der Waals surface area contributed by atoms with Gasteiger partial charge in [-0.3, -0.25) is 0 Å². The first-order valence-electron chi connectivity index (χ1n) is 6.91. The average Bonchev–Trinajstić information content (AvgIpc) is 2.53. The lowest BCUT2D eigenvalue weighted by Gasteiger charge is -2.27. The maximum Gasteiger partial charge on any atom is 0.0604 e. The number of hydrogen-bond donors (Lipinski definition) is 0. The summed E-state index contributed by atoms with van der Waals surface area (Å²) in [6.07, 6.45) is 0. The molecule has 0 radical (unpaired) electrons. The molecule has 0 aliphatic rings. The Bertz CT molecular complexity index is 826. The van der Waals surface area contributed by atoms with Gasteiger partial charge in [-0.05, 0) is 92.5 Å². The van der Waals surface area contributed by atoms with E-state index in [1.807, 2.05) is 36.4 Å². The molecule has 0 unspecified atom stereocenters. The molecule has 3 aromatic rings. The van der Waals surface area contributed by atoms with E-state index in [1.54, 1.807) is 0 Å². The molecule has 0 aromatic heterocycles. The molecule has 0 atom stereocenters. The highest BCUT2D eigenvalue weighted by Gasteiger charge is 2.18. The number of rotatable bonds is 3. The molecule has 0 aliphatic carbocycles. The lowest BCUT2D eigenvalue weighted by molar-refractivity contribution is 1.26. The normalized spacial score (nSPS) is 10.7. The van der Waals surface area contributed by atoms with Crippen molar-refractivity contribution in [1.82, 2.24) is 0 Å². The molecule has 0 amide bonds. The standard InChI is InChI=1S/C18H10Br5N/c19-11-1-5-14(6-2-11)24(17-7-3-12(20)9-15(17)22)18-8-4-13(21)10-16(18)23/h1-10H. The van der Waals surface area contributed by atoms with Gasteiger partial charge in [0.25, 0.3) is 0 Å². The van der Waals surface area contributed by atoms with Crippen LogP contribution < -0.4 is 4.90 Å². The summed E-state index contributed by atoms with van der Waals surface area (Å²) >= 11 is 17.9. The van der Waals surface area contributed by atoms with Gasteiger partial charge in [0.15, 0.2) is 0 Å². The predicted molar refractivity (Wildman–Crippen MR) is 120 cm³/mol. The Morgan fingerprint density at radius 1 is 0.500 bits per heavy atom. The van der Waals surface area contributed by atoms with Crippen LogP contribution in [0.25, 0.3) is 0 Å². The molecule has 122 valence electrons. The SMILES string of the molecule is Brc1ccc(N(c2ccc(Br)cc2Br)c2ccc(Br)cc2Br)cc1. The topological polar surface area (TPSA) is 3.24 Å². The average molecular weight is 640 g/mol. The van der Waals surface area contributed by atoms with Crippen molar-refractivity contribution in [2.45, 2.75) is 0 Å². The maximum atomic E-state index is 3.69. The smallest absolute Gasteiger partial charge is 0.0604 e. The molecule has 0 saturated heterocycles. The van der Waals surface area contributed by atoms with E-state index in [2.05, 4.69) is 109 Å². The van der Waals surface area contributed by atoms with Gasteiger partial charge < -0.3 is 4.90 Å². The fraction of sp³-hybridized carbons (Fsp3) is 0. The molecule has 6 heteroatoms. The third-order valence-electron chi connectivity index (χ3n) is 3.39. The zero-order valence-electron chi connectivity index (χ0n) is 12.1. The van der Waals surface area contributed by atoms with Gasteiger partial charge in [0, 0.05) is 28.1 Å². The van der Waals surface area contributed by atoms with Crippen LogP contribution in [-0.4, -0.2) is 0 Å². The van der Waals surface area contributed by atoms with Gasteiger partial charge in [-0.1, -0.05) is 47.8 Å². The molecule has 0 N–H and O–H groups in total. The Morgan fingerprint density at radius 2 is 0.917 bits per heavy atom. The summed E-state index contributed by atoms with van der Waals surface area (Å²) in [5.74, 6) is 0. The molecular weight excluding hydrogens is 630 g/mol. The molecule has 3 rings (SSSR count). The van der Waals surface area contributed by atoms with Crippen LogP contribution in [0.4, 0.5) is 17.1 Å². The minimum Gasteiger partial charge on any atom is -0.308 e. The summed E-state index contributed by atoms with van der Waals surface area (Å²) in [5, 5.41) is 0. The van der Waals surface area contributed by atoms with Crippen molar-refractivity contribution >= 4 is 96.7 Å². The highest BCUT2D eigenvalue weighted by Crippen LogP contribution is 2.43. The van der Waals surface area contributed by atoms with Crippen LogP contribution in [0, 0.1) is 0 Å². The van der Waals surface area contributed by atoms with Crippen LogP contribution >= 0.6 is 79.6 Å². The van der Waals surface area contributed by atoms with E-state index in [0.717, 1.165) is 39.4 Å². The Labute approximate surface area is 183 Å². The van der Waals surface area contributed by atoms with Crippen LogP contribution in [-0.2, 0) is 0 Å². The summed E-state index contributed by atoms with van der Waals surface area (Å²) in [6, 6.07) is 20.6. The van der Waals surface area contributed by atoms with Gasteiger partial charge in [0.2, 0.25) is 0 Å². The van der Waals surface area contributed by atoms with E-state index in [0.29, 0.717) is 0 Å². The number of benzene rings is 3. The molecule has 0 heterocycles. The number of anilines is 3. The Kier molecular flexibility index (Phi) is 6.25. The minimum absolute atomic E-state index is 1.01. The van der Waals surface area contributed by atoms with E-state index < -0.39 is 0 Å². The molecule has 24 heavy (non-hydrogen) atoms. The summed E-state index contributed by atoms with van der Waals surface area (Å²) in [5.41, 5.74) is 3.19. The summed E-state index contributed by atoms with van der Waals surface area (Å²) in [7, 11) is 0. The number of halogens is 5. The van der Waals surface area contributed by atoms with Crippen molar-refractivity contribution in [3.8, 4) is 0 Å². The molecular formula is C18H10Br5N. The van der Waals surface area contributed by atoms with Crippen LogP contribution in [0.3, 0.4) is 0 Å². The number of nitrogens with zero attached hydrogens (tertiary/aromatic N) is 1. The first kappa shape index (κ1) is 18.6. The van der Waals surface area contributed by atoms with Gasteiger partial charge >= 0.3 is 0 Å². The Balaban J connectivity index is 2.22. The second-order valence-electron chi connectivity index (χ2n) is 5.00. The second-order valence-corrected chi connectivity index (χ2v) is 9.46. The Hall–Kier alpha value is -0.140. The van der Waals surface area contributed by atoms with E-state index in [4.69, 9.17) is 0 Å². The highest BCUT2D eigenvalue weighted by atomic mass is 79.9. The zero-order chi connectivity index (χ0) is 17.3. The summed E-state index contributed by atoms with van der Waals surface area (Å²) < 4.78 is 5.13. The maximum absolute atomic E-state index is 3.69.